The van der Waals surface area contributed by atoms with Gasteiger partial charge in [0.15, 0.2) is 5.76 Å². The molecule has 2 heterocycles. The summed E-state index contributed by atoms with van der Waals surface area (Å²) in [6.45, 7) is 2.63. The molecule has 2 N–H and O–H groups in total. The Morgan fingerprint density at radius 3 is 2.61 bits per heavy atom. The SMILES string of the molecule is Cc1cccc(NCc2ccc(NC(=O)c3ccco3)cc2)n1. The molecule has 3 aromatic rings. The summed E-state index contributed by atoms with van der Waals surface area (Å²) < 4.78 is 5.06. The van der Waals surface area contributed by atoms with Crippen LogP contribution in [0.4, 0.5) is 11.5 Å². The molecule has 0 atom stereocenters. The lowest BCUT2D eigenvalue weighted by molar-refractivity contribution is 0.0996. The van der Waals surface area contributed by atoms with Crippen molar-refractivity contribution in [3.63, 3.8) is 0 Å². The van der Waals surface area contributed by atoms with E-state index in [-0.39, 0.29) is 5.91 Å². The van der Waals surface area contributed by atoms with E-state index >= 15 is 0 Å². The Morgan fingerprint density at radius 2 is 1.91 bits per heavy atom. The van der Waals surface area contributed by atoms with Crippen molar-refractivity contribution in [2.75, 3.05) is 10.6 Å². The van der Waals surface area contributed by atoms with Crippen molar-refractivity contribution in [3.8, 4) is 0 Å². The number of nitrogens with one attached hydrogen (secondary N) is 2. The number of amides is 1. The van der Waals surface area contributed by atoms with Crippen LogP contribution >= 0.6 is 0 Å². The number of hydrogen-bond donors (Lipinski definition) is 2. The lowest BCUT2D eigenvalue weighted by Crippen LogP contribution is -2.10. The molecule has 5 heteroatoms. The molecule has 0 bridgehead atoms. The fraction of sp³-hybridized carbons (Fsp3) is 0.111. The smallest absolute Gasteiger partial charge is 0.291 e. The van der Waals surface area contributed by atoms with Crippen LogP contribution in [0, 0.1) is 6.92 Å². The summed E-state index contributed by atoms with van der Waals surface area (Å²) in [5.74, 6) is 0.881. The van der Waals surface area contributed by atoms with Crippen LogP contribution in [0.3, 0.4) is 0 Å². The van der Waals surface area contributed by atoms with E-state index in [4.69, 9.17) is 4.42 Å². The van der Waals surface area contributed by atoms with Crippen molar-refractivity contribution in [3.05, 3.63) is 77.9 Å². The topological polar surface area (TPSA) is 67.2 Å². The summed E-state index contributed by atoms with van der Waals surface area (Å²) >= 11 is 0. The highest BCUT2D eigenvalue weighted by Gasteiger charge is 2.08. The normalized spacial score (nSPS) is 10.3. The molecule has 116 valence electrons. The number of carbonyl (C=O) groups excluding carboxylic acids is 1. The Labute approximate surface area is 134 Å². The Bertz CT molecular complexity index is 780. The van der Waals surface area contributed by atoms with Crippen LogP contribution in [0.2, 0.25) is 0 Å². The first-order valence-electron chi connectivity index (χ1n) is 7.32. The first kappa shape index (κ1) is 14.8. The highest BCUT2D eigenvalue weighted by atomic mass is 16.3. The van der Waals surface area contributed by atoms with Crippen molar-refractivity contribution in [1.82, 2.24) is 4.98 Å². The van der Waals surface area contributed by atoms with E-state index in [1.54, 1.807) is 12.1 Å². The number of anilines is 2. The minimum absolute atomic E-state index is 0.259. The van der Waals surface area contributed by atoms with E-state index in [1.807, 2.05) is 49.4 Å². The molecular weight excluding hydrogens is 290 g/mol. The number of benzene rings is 1. The van der Waals surface area contributed by atoms with Crippen LogP contribution in [0.25, 0.3) is 0 Å². The average molecular weight is 307 g/mol. The van der Waals surface area contributed by atoms with Crippen molar-refractivity contribution in [1.29, 1.82) is 0 Å². The zero-order chi connectivity index (χ0) is 16.1. The number of aromatic nitrogens is 1. The van der Waals surface area contributed by atoms with Gasteiger partial charge in [-0.25, -0.2) is 4.98 Å². The Kier molecular flexibility index (Phi) is 4.38. The zero-order valence-electron chi connectivity index (χ0n) is 12.7. The molecule has 0 aliphatic rings. The largest absolute Gasteiger partial charge is 0.459 e. The van der Waals surface area contributed by atoms with Gasteiger partial charge in [-0.05, 0) is 48.9 Å². The average Bonchev–Trinajstić information content (AvgIpc) is 3.09. The first-order valence-corrected chi connectivity index (χ1v) is 7.32. The van der Waals surface area contributed by atoms with E-state index < -0.39 is 0 Å². The van der Waals surface area contributed by atoms with Crippen molar-refractivity contribution in [2.45, 2.75) is 13.5 Å². The molecular formula is C18H17N3O2. The summed E-state index contributed by atoms with van der Waals surface area (Å²) in [6, 6.07) is 16.8. The molecule has 0 fully saturated rings. The van der Waals surface area contributed by atoms with Crippen LogP contribution < -0.4 is 10.6 Å². The number of hydrogen-bond acceptors (Lipinski definition) is 4. The van der Waals surface area contributed by atoms with Crippen LogP contribution in [0.5, 0.6) is 0 Å². The highest BCUT2D eigenvalue weighted by molar-refractivity contribution is 6.02. The van der Waals surface area contributed by atoms with Gasteiger partial charge in [0, 0.05) is 17.9 Å². The molecule has 1 aromatic carbocycles. The zero-order valence-corrected chi connectivity index (χ0v) is 12.7. The molecule has 0 spiro atoms. The van der Waals surface area contributed by atoms with Crippen LogP contribution in [-0.2, 0) is 6.54 Å². The molecule has 0 aliphatic carbocycles. The summed E-state index contributed by atoms with van der Waals surface area (Å²) in [5.41, 5.74) is 2.80. The van der Waals surface area contributed by atoms with Crippen molar-refractivity contribution >= 4 is 17.4 Å². The number of rotatable bonds is 5. The number of furan rings is 1. The fourth-order valence-electron chi connectivity index (χ4n) is 2.14. The number of nitrogens with zero attached hydrogens (tertiary/aromatic N) is 1. The molecule has 0 unspecified atom stereocenters. The van der Waals surface area contributed by atoms with Crippen LogP contribution in [0.15, 0.2) is 65.3 Å². The second-order valence-electron chi connectivity index (χ2n) is 5.15. The molecule has 23 heavy (non-hydrogen) atoms. The summed E-state index contributed by atoms with van der Waals surface area (Å²) in [6.07, 6.45) is 1.48. The standard InChI is InChI=1S/C18H17N3O2/c1-13-4-2-6-17(20-13)19-12-14-7-9-15(10-8-14)21-18(22)16-5-3-11-23-16/h2-11H,12H2,1H3,(H,19,20)(H,21,22). The third kappa shape index (κ3) is 3.97. The Balaban J connectivity index is 1.58. The minimum atomic E-state index is -0.259. The third-order valence-corrected chi connectivity index (χ3v) is 3.32. The Hall–Kier alpha value is -3.08. The molecule has 5 nitrogen and oxygen atoms in total. The van der Waals surface area contributed by atoms with E-state index in [0.29, 0.717) is 12.3 Å². The maximum absolute atomic E-state index is 11.9. The van der Waals surface area contributed by atoms with Gasteiger partial charge in [0.2, 0.25) is 0 Å². The molecule has 1 amide bonds. The maximum Gasteiger partial charge on any atom is 0.291 e. The molecule has 0 radical (unpaired) electrons. The van der Waals surface area contributed by atoms with Gasteiger partial charge < -0.3 is 15.1 Å². The van der Waals surface area contributed by atoms with Crippen molar-refractivity contribution in [2.24, 2.45) is 0 Å². The predicted molar refractivity (Wildman–Crippen MR) is 89.4 cm³/mol. The summed E-state index contributed by atoms with van der Waals surface area (Å²) in [5, 5.41) is 6.06. The molecule has 0 saturated heterocycles. The van der Waals surface area contributed by atoms with Gasteiger partial charge in [-0.15, -0.1) is 0 Å². The quantitative estimate of drug-likeness (QED) is 0.751. The van der Waals surface area contributed by atoms with Gasteiger partial charge in [0.1, 0.15) is 5.82 Å². The van der Waals surface area contributed by atoms with E-state index in [1.165, 1.54) is 6.26 Å². The van der Waals surface area contributed by atoms with E-state index in [2.05, 4.69) is 15.6 Å². The fourth-order valence-corrected chi connectivity index (χ4v) is 2.14. The first-order chi connectivity index (χ1) is 11.2. The minimum Gasteiger partial charge on any atom is -0.459 e. The number of aryl methyl sites for hydroxylation is 1. The predicted octanol–water partition coefficient (Wildman–Crippen LogP) is 3.85. The lowest BCUT2D eigenvalue weighted by Gasteiger charge is -2.08. The molecule has 0 aliphatic heterocycles. The van der Waals surface area contributed by atoms with Crippen LogP contribution in [0.1, 0.15) is 21.8 Å². The van der Waals surface area contributed by atoms with Gasteiger partial charge in [-0.1, -0.05) is 18.2 Å². The van der Waals surface area contributed by atoms with Gasteiger partial charge in [-0.2, -0.15) is 0 Å². The molecule has 0 saturated carbocycles. The molecule has 3 rings (SSSR count). The number of carbonyl (C=O) groups is 1. The van der Waals surface area contributed by atoms with Crippen LogP contribution in [-0.4, -0.2) is 10.9 Å². The second-order valence-corrected chi connectivity index (χ2v) is 5.15. The lowest BCUT2D eigenvalue weighted by atomic mass is 10.2. The van der Waals surface area contributed by atoms with Gasteiger partial charge >= 0.3 is 0 Å². The van der Waals surface area contributed by atoms with Gasteiger partial charge in [0.25, 0.3) is 5.91 Å². The Morgan fingerprint density at radius 1 is 1.09 bits per heavy atom. The second kappa shape index (κ2) is 6.79. The van der Waals surface area contributed by atoms with Crippen molar-refractivity contribution < 1.29 is 9.21 Å². The maximum atomic E-state index is 11.9. The van der Waals surface area contributed by atoms with Gasteiger partial charge in [-0.3, -0.25) is 4.79 Å². The van der Waals surface area contributed by atoms with E-state index in [9.17, 15) is 4.79 Å². The third-order valence-electron chi connectivity index (χ3n) is 3.32. The van der Waals surface area contributed by atoms with E-state index in [0.717, 1.165) is 22.8 Å². The van der Waals surface area contributed by atoms with Gasteiger partial charge in [0.05, 0.1) is 6.26 Å². The number of pyridine rings is 1. The summed E-state index contributed by atoms with van der Waals surface area (Å²) in [4.78, 5) is 16.3. The highest BCUT2D eigenvalue weighted by Crippen LogP contribution is 2.13. The molecule has 2 aromatic heterocycles. The summed E-state index contributed by atoms with van der Waals surface area (Å²) in [7, 11) is 0. The monoisotopic (exact) mass is 307 g/mol.